The fourth-order valence-electron chi connectivity index (χ4n) is 1.38. The standard InChI is InChI=1S/C12H18ClNO/c1-9-4-5-11(13)8-12(9)14-10(2)6-7-15-3/h4-5,8,10,14H,6-7H2,1-3H3. The van der Waals surface area contributed by atoms with Crippen molar-refractivity contribution in [1.29, 1.82) is 0 Å². The number of hydrogen-bond donors (Lipinski definition) is 1. The fourth-order valence-corrected chi connectivity index (χ4v) is 1.55. The molecule has 0 aromatic heterocycles. The van der Waals surface area contributed by atoms with Gasteiger partial charge in [0, 0.05) is 30.5 Å². The molecule has 0 radical (unpaired) electrons. The third-order valence-corrected chi connectivity index (χ3v) is 2.59. The maximum absolute atomic E-state index is 5.94. The van der Waals surface area contributed by atoms with Crippen LogP contribution in [0.3, 0.4) is 0 Å². The van der Waals surface area contributed by atoms with Crippen LogP contribution >= 0.6 is 11.6 Å². The van der Waals surface area contributed by atoms with Crippen molar-refractivity contribution >= 4 is 17.3 Å². The van der Waals surface area contributed by atoms with Crippen molar-refractivity contribution in [2.24, 2.45) is 0 Å². The Bertz CT molecular complexity index is 314. The van der Waals surface area contributed by atoms with Gasteiger partial charge in [0.05, 0.1) is 0 Å². The van der Waals surface area contributed by atoms with E-state index in [0.29, 0.717) is 6.04 Å². The lowest BCUT2D eigenvalue weighted by atomic mass is 10.1. The summed E-state index contributed by atoms with van der Waals surface area (Å²) in [7, 11) is 1.72. The molecule has 1 rings (SSSR count). The molecule has 0 spiro atoms. The van der Waals surface area contributed by atoms with Crippen molar-refractivity contribution in [3.63, 3.8) is 0 Å². The lowest BCUT2D eigenvalue weighted by Crippen LogP contribution is -2.17. The zero-order valence-electron chi connectivity index (χ0n) is 9.51. The Labute approximate surface area is 96.6 Å². The van der Waals surface area contributed by atoms with Crippen LogP contribution in [0.5, 0.6) is 0 Å². The molecule has 0 aliphatic carbocycles. The highest BCUT2D eigenvalue weighted by Crippen LogP contribution is 2.21. The van der Waals surface area contributed by atoms with Crippen LogP contribution in [0.1, 0.15) is 18.9 Å². The molecule has 3 heteroatoms. The maximum atomic E-state index is 5.94. The average Bonchev–Trinajstić information content (AvgIpc) is 2.20. The van der Waals surface area contributed by atoms with Crippen LogP contribution in [0.2, 0.25) is 5.02 Å². The summed E-state index contributed by atoms with van der Waals surface area (Å²) in [5, 5.41) is 4.19. The molecule has 1 aromatic rings. The Morgan fingerprint density at radius 3 is 2.87 bits per heavy atom. The first-order valence-electron chi connectivity index (χ1n) is 5.15. The summed E-state index contributed by atoms with van der Waals surface area (Å²) in [5.41, 5.74) is 2.31. The largest absolute Gasteiger partial charge is 0.385 e. The Hall–Kier alpha value is -0.730. The summed E-state index contributed by atoms with van der Waals surface area (Å²) in [6.07, 6.45) is 0.989. The summed E-state index contributed by atoms with van der Waals surface area (Å²) < 4.78 is 5.04. The maximum Gasteiger partial charge on any atom is 0.0481 e. The SMILES string of the molecule is COCCC(C)Nc1cc(Cl)ccc1C. The Morgan fingerprint density at radius 2 is 2.20 bits per heavy atom. The zero-order valence-corrected chi connectivity index (χ0v) is 10.3. The van der Waals surface area contributed by atoms with Crippen LogP contribution in [0.4, 0.5) is 5.69 Å². The van der Waals surface area contributed by atoms with Gasteiger partial charge >= 0.3 is 0 Å². The van der Waals surface area contributed by atoms with Crippen LogP contribution in [0.25, 0.3) is 0 Å². The Balaban J connectivity index is 2.59. The van der Waals surface area contributed by atoms with E-state index in [4.69, 9.17) is 16.3 Å². The zero-order chi connectivity index (χ0) is 11.3. The molecule has 1 unspecified atom stereocenters. The predicted octanol–water partition coefficient (Wildman–Crippen LogP) is 3.49. The van der Waals surface area contributed by atoms with Gasteiger partial charge in [0.2, 0.25) is 0 Å². The van der Waals surface area contributed by atoms with Gasteiger partial charge in [-0.3, -0.25) is 0 Å². The number of methoxy groups -OCH3 is 1. The number of hydrogen-bond acceptors (Lipinski definition) is 2. The highest BCUT2D eigenvalue weighted by atomic mass is 35.5. The third kappa shape index (κ3) is 4.10. The van der Waals surface area contributed by atoms with Gasteiger partial charge in [0.25, 0.3) is 0 Å². The summed E-state index contributed by atoms with van der Waals surface area (Å²) in [6.45, 7) is 4.98. The second-order valence-electron chi connectivity index (χ2n) is 3.79. The van der Waals surface area contributed by atoms with Gasteiger partial charge in [0.1, 0.15) is 0 Å². The van der Waals surface area contributed by atoms with Gasteiger partial charge in [-0.2, -0.15) is 0 Å². The number of rotatable bonds is 5. The molecule has 1 aromatic carbocycles. The number of benzene rings is 1. The first kappa shape index (κ1) is 12.3. The van der Waals surface area contributed by atoms with Gasteiger partial charge < -0.3 is 10.1 Å². The molecule has 0 aliphatic heterocycles. The number of anilines is 1. The van der Waals surface area contributed by atoms with Crippen molar-refractivity contribution in [2.45, 2.75) is 26.3 Å². The van der Waals surface area contributed by atoms with E-state index < -0.39 is 0 Å². The van der Waals surface area contributed by atoms with Crippen molar-refractivity contribution < 1.29 is 4.74 Å². The molecule has 0 aliphatic rings. The molecular weight excluding hydrogens is 210 g/mol. The van der Waals surface area contributed by atoms with Gasteiger partial charge in [0.15, 0.2) is 0 Å². The van der Waals surface area contributed by atoms with E-state index in [1.807, 2.05) is 18.2 Å². The lowest BCUT2D eigenvalue weighted by Gasteiger charge is -2.16. The molecule has 1 N–H and O–H groups in total. The normalized spacial score (nSPS) is 12.5. The molecule has 15 heavy (non-hydrogen) atoms. The van der Waals surface area contributed by atoms with Gasteiger partial charge in [-0.15, -0.1) is 0 Å². The summed E-state index contributed by atoms with van der Waals surface area (Å²) >= 11 is 5.94. The van der Waals surface area contributed by atoms with Crippen molar-refractivity contribution in [3.05, 3.63) is 28.8 Å². The van der Waals surface area contributed by atoms with Crippen LogP contribution < -0.4 is 5.32 Å². The quantitative estimate of drug-likeness (QED) is 0.832. The monoisotopic (exact) mass is 227 g/mol. The molecule has 0 saturated heterocycles. The molecule has 0 amide bonds. The van der Waals surface area contributed by atoms with Crippen LogP contribution in [0.15, 0.2) is 18.2 Å². The van der Waals surface area contributed by atoms with E-state index >= 15 is 0 Å². The second-order valence-corrected chi connectivity index (χ2v) is 4.22. The van der Waals surface area contributed by atoms with E-state index in [1.54, 1.807) is 7.11 Å². The van der Waals surface area contributed by atoms with Crippen molar-refractivity contribution in [1.82, 2.24) is 0 Å². The van der Waals surface area contributed by atoms with E-state index in [-0.39, 0.29) is 0 Å². The lowest BCUT2D eigenvalue weighted by molar-refractivity contribution is 0.191. The molecule has 84 valence electrons. The van der Waals surface area contributed by atoms with Gasteiger partial charge in [-0.05, 0) is 38.0 Å². The Kier molecular flexibility index (Phi) is 4.92. The van der Waals surface area contributed by atoms with Crippen LogP contribution in [0, 0.1) is 6.92 Å². The highest BCUT2D eigenvalue weighted by Gasteiger charge is 2.04. The molecule has 0 fully saturated rings. The molecule has 0 saturated carbocycles. The minimum atomic E-state index is 0.391. The molecule has 0 bridgehead atoms. The topological polar surface area (TPSA) is 21.3 Å². The van der Waals surface area contributed by atoms with Gasteiger partial charge in [-0.25, -0.2) is 0 Å². The van der Waals surface area contributed by atoms with Crippen molar-refractivity contribution in [3.8, 4) is 0 Å². The van der Waals surface area contributed by atoms with E-state index in [0.717, 1.165) is 23.7 Å². The minimum absolute atomic E-state index is 0.391. The number of nitrogens with one attached hydrogen (secondary N) is 1. The number of aryl methyl sites for hydroxylation is 1. The molecule has 1 atom stereocenters. The summed E-state index contributed by atoms with van der Waals surface area (Å²) in [6, 6.07) is 6.28. The number of ether oxygens (including phenoxy) is 1. The second kappa shape index (κ2) is 5.99. The average molecular weight is 228 g/mol. The predicted molar refractivity (Wildman–Crippen MR) is 65.8 cm³/mol. The molecule has 0 heterocycles. The summed E-state index contributed by atoms with van der Waals surface area (Å²) in [4.78, 5) is 0. The number of halogens is 1. The molecule has 2 nitrogen and oxygen atoms in total. The minimum Gasteiger partial charge on any atom is -0.385 e. The fraction of sp³-hybridized carbons (Fsp3) is 0.500. The van der Waals surface area contributed by atoms with Crippen LogP contribution in [-0.4, -0.2) is 19.8 Å². The van der Waals surface area contributed by atoms with Gasteiger partial charge in [-0.1, -0.05) is 17.7 Å². The van der Waals surface area contributed by atoms with E-state index in [1.165, 1.54) is 5.56 Å². The first-order valence-corrected chi connectivity index (χ1v) is 5.53. The van der Waals surface area contributed by atoms with E-state index in [2.05, 4.69) is 19.2 Å². The molecular formula is C12H18ClNO. The van der Waals surface area contributed by atoms with E-state index in [9.17, 15) is 0 Å². The first-order chi connectivity index (χ1) is 7.13. The Morgan fingerprint density at radius 1 is 1.47 bits per heavy atom. The van der Waals surface area contributed by atoms with Crippen molar-refractivity contribution in [2.75, 3.05) is 19.0 Å². The van der Waals surface area contributed by atoms with Crippen LogP contribution in [-0.2, 0) is 4.74 Å². The summed E-state index contributed by atoms with van der Waals surface area (Å²) in [5.74, 6) is 0. The third-order valence-electron chi connectivity index (χ3n) is 2.36. The highest BCUT2D eigenvalue weighted by molar-refractivity contribution is 6.30. The smallest absolute Gasteiger partial charge is 0.0481 e.